The lowest BCUT2D eigenvalue weighted by Crippen LogP contribution is -2.51. The number of carbonyl (C=O) groups is 2. The predicted molar refractivity (Wildman–Crippen MR) is 59.9 cm³/mol. The maximum Gasteiger partial charge on any atom is 0.246 e. The molecule has 1 rings (SSSR count). The number of piperidine rings is 1. The van der Waals surface area contributed by atoms with Crippen molar-refractivity contribution >= 4 is 11.8 Å². The average Bonchev–Trinajstić information content (AvgIpc) is 2.28. The van der Waals surface area contributed by atoms with Crippen LogP contribution in [-0.4, -0.2) is 50.1 Å². The minimum absolute atomic E-state index is 0.0811. The van der Waals surface area contributed by atoms with Gasteiger partial charge in [-0.05, 0) is 25.8 Å². The summed E-state index contributed by atoms with van der Waals surface area (Å²) in [5, 5.41) is 3.18. The molecule has 1 heterocycles. The molecule has 0 aromatic rings. The molecule has 16 heavy (non-hydrogen) atoms. The van der Waals surface area contributed by atoms with Crippen LogP contribution >= 0.6 is 0 Å². The molecule has 1 atom stereocenters. The van der Waals surface area contributed by atoms with Crippen molar-refractivity contribution < 1.29 is 14.3 Å². The second kappa shape index (κ2) is 6.60. The van der Waals surface area contributed by atoms with Gasteiger partial charge in [0.25, 0.3) is 0 Å². The summed E-state index contributed by atoms with van der Waals surface area (Å²) < 4.78 is 4.94. The molecule has 5 heteroatoms. The van der Waals surface area contributed by atoms with Crippen LogP contribution in [0.25, 0.3) is 0 Å². The molecule has 1 fully saturated rings. The Morgan fingerprint density at radius 1 is 1.44 bits per heavy atom. The van der Waals surface area contributed by atoms with Crippen LogP contribution in [0.1, 0.15) is 25.7 Å². The van der Waals surface area contributed by atoms with Gasteiger partial charge in [0.05, 0.1) is 6.04 Å². The third kappa shape index (κ3) is 3.57. The van der Waals surface area contributed by atoms with Crippen LogP contribution in [-0.2, 0) is 14.3 Å². The van der Waals surface area contributed by atoms with E-state index in [0.717, 1.165) is 26.0 Å². The van der Waals surface area contributed by atoms with Crippen LogP contribution in [0.4, 0.5) is 0 Å². The van der Waals surface area contributed by atoms with Gasteiger partial charge in [0.1, 0.15) is 0 Å². The fourth-order valence-electron chi connectivity index (χ4n) is 1.75. The van der Waals surface area contributed by atoms with Crippen molar-refractivity contribution in [2.75, 3.05) is 27.3 Å². The van der Waals surface area contributed by atoms with Gasteiger partial charge in [-0.15, -0.1) is 0 Å². The van der Waals surface area contributed by atoms with Crippen molar-refractivity contribution in [3.05, 3.63) is 0 Å². The molecule has 0 bridgehead atoms. The number of rotatable bonds is 6. The van der Waals surface area contributed by atoms with E-state index < -0.39 is 0 Å². The molecule has 0 saturated carbocycles. The van der Waals surface area contributed by atoms with E-state index in [-0.39, 0.29) is 17.9 Å². The quantitative estimate of drug-likeness (QED) is 0.519. The minimum Gasteiger partial charge on any atom is -0.385 e. The summed E-state index contributed by atoms with van der Waals surface area (Å²) in [7, 11) is 3.22. The Balaban J connectivity index is 2.22. The minimum atomic E-state index is -0.190. The highest BCUT2D eigenvalue weighted by molar-refractivity contribution is 6.00. The van der Waals surface area contributed by atoms with Crippen molar-refractivity contribution in [3.8, 4) is 0 Å². The number of carbonyl (C=O) groups excluding carboxylic acids is 2. The fourth-order valence-corrected chi connectivity index (χ4v) is 1.75. The monoisotopic (exact) mass is 228 g/mol. The van der Waals surface area contributed by atoms with E-state index in [2.05, 4.69) is 5.32 Å². The molecule has 1 unspecified atom stereocenters. The smallest absolute Gasteiger partial charge is 0.246 e. The molecule has 2 amide bonds. The molecular formula is C11H20N2O3. The predicted octanol–water partition coefficient (Wildman–Crippen LogP) is 0.150. The molecule has 1 N–H and O–H groups in total. The summed E-state index contributed by atoms with van der Waals surface area (Å²) in [5.74, 6) is -0.189. The van der Waals surface area contributed by atoms with Gasteiger partial charge < -0.3 is 10.1 Å². The topological polar surface area (TPSA) is 58.6 Å². The Hall–Kier alpha value is -0.940. The Morgan fingerprint density at radius 2 is 2.19 bits per heavy atom. The molecule has 92 valence electrons. The molecule has 0 radical (unpaired) electrons. The van der Waals surface area contributed by atoms with E-state index in [0.29, 0.717) is 12.8 Å². The summed E-state index contributed by atoms with van der Waals surface area (Å²) in [4.78, 5) is 24.1. The van der Waals surface area contributed by atoms with Gasteiger partial charge in [0.15, 0.2) is 0 Å². The van der Waals surface area contributed by atoms with Crippen LogP contribution in [0.5, 0.6) is 0 Å². The van der Waals surface area contributed by atoms with E-state index in [1.807, 2.05) is 0 Å². The highest BCUT2D eigenvalue weighted by Crippen LogP contribution is 2.11. The molecule has 1 aliphatic heterocycles. The Morgan fingerprint density at radius 3 is 2.88 bits per heavy atom. The van der Waals surface area contributed by atoms with Gasteiger partial charge >= 0.3 is 0 Å². The van der Waals surface area contributed by atoms with Crippen LogP contribution in [0.15, 0.2) is 0 Å². The second-order valence-electron chi connectivity index (χ2n) is 4.04. The lowest BCUT2D eigenvalue weighted by molar-refractivity contribution is -0.148. The van der Waals surface area contributed by atoms with Gasteiger partial charge in [-0.1, -0.05) is 0 Å². The maximum atomic E-state index is 11.7. The highest BCUT2D eigenvalue weighted by atomic mass is 16.5. The molecular weight excluding hydrogens is 208 g/mol. The van der Waals surface area contributed by atoms with Crippen LogP contribution in [0, 0.1) is 0 Å². The van der Waals surface area contributed by atoms with Crippen molar-refractivity contribution in [2.45, 2.75) is 31.7 Å². The Bertz CT molecular complexity index is 256. The van der Waals surface area contributed by atoms with Crippen LogP contribution in [0.3, 0.4) is 0 Å². The molecule has 0 aromatic heterocycles. The first kappa shape index (κ1) is 13.1. The third-order valence-electron chi connectivity index (χ3n) is 2.82. The van der Waals surface area contributed by atoms with Gasteiger partial charge in [-0.2, -0.15) is 0 Å². The maximum absolute atomic E-state index is 11.7. The summed E-state index contributed by atoms with van der Waals surface area (Å²) in [5.41, 5.74) is 0. The van der Waals surface area contributed by atoms with E-state index in [4.69, 9.17) is 4.74 Å². The van der Waals surface area contributed by atoms with Crippen LogP contribution < -0.4 is 5.32 Å². The Labute approximate surface area is 96.1 Å². The zero-order valence-corrected chi connectivity index (χ0v) is 9.99. The van der Waals surface area contributed by atoms with Crippen LogP contribution in [0.2, 0.25) is 0 Å². The Kier molecular flexibility index (Phi) is 5.42. The summed E-state index contributed by atoms with van der Waals surface area (Å²) >= 11 is 0. The van der Waals surface area contributed by atoms with Crippen molar-refractivity contribution in [3.63, 3.8) is 0 Å². The van der Waals surface area contributed by atoms with Crippen molar-refractivity contribution in [2.24, 2.45) is 0 Å². The first-order chi connectivity index (χ1) is 7.66. The number of amides is 2. The SMILES string of the molecule is COCCCCNC1CCC(=O)N(C)C1=O. The number of imide groups is 1. The molecule has 0 spiro atoms. The zero-order valence-electron chi connectivity index (χ0n) is 9.99. The molecule has 1 aliphatic rings. The number of likely N-dealkylation sites (tertiary alicyclic amines) is 1. The van der Waals surface area contributed by atoms with E-state index in [1.165, 1.54) is 4.90 Å². The summed E-state index contributed by atoms with van der Waals surface area (Å²) in [6, 6.07) is -0.190. The first-order valence-corrected chi connectivity index (χ1v) is 5.69. The molecule has 5 nitrogen and oxygen atoms in total. The second-order valence-corrected chi connectivity index (χ2v) is 4.04. The zero-order chi connectivity index (χ0) is 12.0. The van der Waals surface area contributed by atoms with E-state index in [1.54, 1.807) is 14.2 Å². The number of hydrogen-bond acceptors (Lipinski definition) is 4. The lowest BCUT2D eigenvalue weighted by Gasteiger charge is -2.28. The normalized spacial score (nSPS) is 21.6. The summed E-state index contributed by atoms with van der Waals surface area (Å²) in [6.07, 6.45) is 3.04. The summed E-state index contributed by atoms with van der Waals surface area (Å²) in [6.45, 7) is 1.54. The first-order valence-electron chi connectivity index (χ1n) is 5.69. The number of nitrogens with zero attached hydrogens (tertiary/aromatic N) is 1. The number of ether oxygens (including phenoxy) is 1. The number of nitrogens with one attached hydrogen (secondary N) is 1. The van der Waals surface area contributed by atoms with E-state index in [9.17, 15) is 9.59 Å². The molecule has 0 aliphatic carbocycles. The van der Waals surface area contributed by atoms with Crippen molar-refractivity contribution in [1.29, 1.82) is 0 Å². The third-order valence-corrected chi connectivity index (χ3v) is 2.82. The number of methoxy groups -OCH3 is 1. The average molecular weight is 228 g/mol. The number of likely N-dealkylation sites (N-methyl/N-ethyl adjacent to an activating group) is 1. The van der Waals surface area contributed by atoms with Gasteiger partial charge in [-0.25, -0.2) is 0 Å². The van der Waals surface area contributed by atoms with E-state index >= 15 is 0 Å². The van der Waals surface area contributed by atoms with Gasteiger partial charge in [0.2, 0.25) is 11.8 Å². The fraction of sp³-hybridized carbons (Fsp3) is 0.818. The number of unbranched alkanes of at least 4 members (excludes halogenated alkanes) is 1. The number of hydrogen-bond donors (Lipinski definition) is 1. The van der Waals surface area contributed by atoms with Gasteiger partial charge in [-0.3, -0.25) is 14.5 Å². The molecule has 1 saturated heterocycles. The molecule has 0 aromatic carbocycles. The largest absolute Gasteiger partial charge is 0.385 e. The van der Waals surface area contributed by atoms with Gasteiger partial charge in [0, 0.05) is 27.2 Å². The standard InChI is InChI=1S/C11H20N2O3/c1-13-10(14)6-5-9(11(13)15)12-7-3-4-8-16-2/h9,12H,3-8H2,1-2H3. The lowest BCUT2D eigenvalue weighted by atomic mass is 10.0. The van der Waals surface area contributed by atoms with Crippen molar-refractivity contribution in [1.82, 2.24) is 10.2 Å². The highest BCUT2D eigenvalue weighted by Gasteiger charge is 2.30.